The number of hydrogen-bond acceptors (Lipinski definition) is 4. The summed E-state index contributed by atoms with van der Waals surface area (Å²) in [5.74, 6) is -5.91. The van der Waals surface area contributed by atoms with E-state index in [1.165, 1.54) is 6.92 Å². The summed E-state index contributed by atoms with van der Waals surface area (Å²) in [6, 6.07) is -1.22. The van der Waals surface area contributed by atoms with E-state index in [0.717, 1.165) is 0 Å². The first-order valence-corrected chi connectivity index (χ1v) is 6.13. The van der Waals surface area contributed by atoms with Crippen molar-refractivity contribution < 1.29 is 39.6 Å². The molecule has 2 bridgehead atoms. The van der Waals surface area contributed by atoms with Crippen LogP contribution in [0, 0.1) is 11.8 Å². The van der Waals surface area contributed by atoms with Crippen molar-refractivity contribution in [3.05, 3.63) is 0 Å². The fourth-order valence-electron chi connectivity index (χ4n) is 3.56. The molecule has 4 atom stereocenters. The fourth-order valence-corrected chi connectivity index (χ4v) is 3.56. The summed E-state index contributed by atoms with van der Waals surface area (Å²) >= 11 is 0. The van der Waals surface area contributed by atoms with E-state index in [1.54, 1.807) is 0 Å². The first-order valence-electron chi connectivity index (χ1n) is 6.13. The second-order valence-corrected chi connectivity index (χ2v) is 5.36. The lowest BCUT2D eigenvalue weighted by Crippen LogP contribution is -2.77. The van der Waals surface area contributed by atoms with Crippen LogP contribution < -0.4 is 0 Å². The summed E-state index contributed by atoms with van der Waals surface area (Å²) in [5, 5.41) is 37.9. The van der Waals surface area contributed by atoms with Crippen LogP contribution >= 0.6 is 0 Å². The van der Waals surface area contributed by atoms with Crippen LogP contribution in [0.2, 0.25) is 0 Å². The van der Waals surface area contributed by atoms with Gasteiger partial charge in [-0.25, -0.2) is 19.6 Å². The minimum absolute atomic E-state index is 0.0779. The number of carboxylic acid groups (broad SMARTS) is 4. The Morgan fingerprint density at radius 3 is 1.95 bits per heavy atom. The zero-order valence-corrected chi connectivity index (χ0v) is 11.0. The van der Waals surface area contributed by atoms with Gasteiger partial charge < -0.3 is 20.4 Å². The second-order valence-electron chi connectivity index (χ2n) is 5.36. The molecular weight excluding hydrogens is 288 g/mol. The van der Waals surface area contributed by atoms with Gasteiger partial charge in [0, 0.05) is 0 Å². The van der Waals surface area contributed by atoms with Crippen LogP contribution in [-0.2, 0) is 9.59 Å². The van der Waals surface area contributed by atoms with Gasteiger partial charge in [-0.15, -0.1) is 0 Å². The lowest BCUT2D eigenvalue weighted by atomic mass is 9.62. The maximum absolute atomic E-state index is 11.5. The number of rotatable bonds is 2. The highest BCUT2D eigenvalue weighted by atomic mass is 16.4. The lowest BCUT2D eigenvalue weighted by Gasteiger charge is -2.60. The first-order chi connectivity index (χ1) is 9.62. The molecule has 0 aromatic rings. The van der Waals surface area contributed by atoms with Crippen molar-refractivity contribution in [1.29, 1.82) is 0 Å². The SMILES string of the molecule is CC12CCC(C(C(=O)O)C1C(=O)O)N(C(=O)O)N2C(=O)O. The molecule has 3 rings (SSSR count). The summed E-state index contributed by atoms with van der Waals surface area (Å²) < 4.78 is 0. The molecule has 1 aliphatic carbocycles. The molecule has 2 amide bonds. The van der Waals surface area contributed by atoms with Gasteiger partial charge in [0.2, 0.25) is 0 Å². The Morgan fingerprint density at radius 2 is 1.57 bits per heavy atom. The van der Waals surface area contributed by atoms with E-state index in [4.69, 9.17) is 0 Å². The molecule has 4 N–H and O–H groups in total. The van der Waals surface area contributed by atoms with Crippen molar-refractivity contribution in [3.63, 3.8) is 0 Å². The number of nitrogens with zero attached hydrogens (tertiary/aromatic N) is 2. The highest BCUT2D eigenvalue weighted by Gasteiger charge is 2.66. The third-order valence-corrected chi connectivity index (χ3v) is 4.33. The average Bonchev–Trinajstić information content (AvgIpc) is 2.35. The van der Waals surface area contributed by atoms with Gasteiger partial charge in [0.15, 0.2) is 0 Å². The van der Waals surface area contributed by atoms with E-state index in [1.807, 2.05) is 0 Å². The summed E-state index contributed by atoms with van der Waals surface area (Å²) in [6.45, 7) is 1.27. The van der Waals surface area contributed by atoms with Crippen LogP contribution in [0.25, 0.3) is 0 Å². The highest BCUT2D eigenvalue weighted by molar-refractivity contribution is 5.85. The normalized spacial score (nSPS) is 34.6. The van der Waals surface area contributed by atoms with Gasteiger partial charge in [0.1, 0.15) is 0 Å². The van der Waals surface area contributed by atoms with Crippen LogP contribution in [0.4, 0.5) is 9.59 Å². The molecule has 21 heavy (non-hydrogen) atoms. The van der Waals surface area contributed by atoms with Crippen molar-refractivity contribution in [2.24, 2.45) is 11.8 Å². The van der Waals surface area contributed by atoms with Gasteiger partial charge in [-0.2, -0.15) is 0 Å². The summed E-state index contributed by atoms with van der Waals surface area (Å²) in [4.78, 5) is 45.6. The zero-order valence-electron chi connectivity index (χ0n) is 11.0. The summed E-state index contributed by atoms with van der Waals surface area (Å²) in [7, 11) is 0. The minimum atomic E-state index is -1.63. The molecule has 2 saturated heterocycles. The fraction of sp³-hybridized carbons (Fsp3) is 0.636. The van der Waals surface area contributed by atoms with Crippen LogP contribution in [-0.4, -0.2) is 66.1 Å². The molecule has 1 saturated carbocycles. The van der Waals surface area contributed by atoms with Gasteiger partial charge in [-0.1, -0.05) is 0 Å². The molecule has 4 unspecified atom stereocenters. The van der Waals surface area contributed by atoms with Gasteiger partial charge >= 0.3 is 24.1 Å². The van der Waals surface area contributed by atoms with Crippen molar-refractivity contribution in [2.45, 2.75) is 31.3 Å². The standard InChI is InChI=1S/C11H14N2O8/c1-11-3-2-4(5(7(14)15)6(11)8(16)17)12(9(18)19)13(11)10(20)21/h4-6H,2-3H2,1H3,(H,14,15)(H,16,17)(H,18,19)(H,20,21). The number of fused-ring (bicyclic) bond motifs is 3. The van der Waals surface area contributed by atoms with Crippen LogP contribution in [0.5, 0.6) is 0 Å². The third-order valence-electron chi connectivity index (χ3n) is 4.33. The lowest BCUT2D eigenvalue weighted by molar-refractivity contribution is -0.219. The van der Waals surface area contributed by atoms with E-state index in [2.05, 4.69) is 0 Å². The van der Waals surface area contributed by atoms with Gasteiger partial charge in [-0.05, 0) is 19.8 Å². The minimum Gasteiger partial charge on any atom is -0.481 e. The highest BCUT2D eigenvalue weighted by Crippen LogP contribution is 2.50. The van der Waals surface area contributed by atoms with E-state index in [-0.39, 0.29) is 12.8 Å². The van der Waals surface area contributed by atoms with E-state index >= 15 is 0 Å². The van der Waals surface area contributed by atoms with Crippen molar-refractivity contribution in [1.82, 2.24) is 10.0 Å². The van der Waals surface area contributed by atoms with Gasteiger partial charge in [0.25, 0.3) is 0 Å². The Hall–Kier alpha value is -2.52. The van der Waals surface area contributed by atoms with E-state index < -0.39 is 47.5 Å². The Kier molecular flexibility index (Phi) is 3.19. The molecule has 0 radical (unpaired) electrons. The Bertz CT molecular complexity index is 492. The Balaban J connectivity index is 2.63. The molecule has 3 fully saturated rings. The van der Waals surface area contributed by atoms with Crippen LogP contribution in [0.15, 0.2) is 0 Å². The molecule has 0 spiro atoms. The van der Waals surface area contributed by atoms with Crippen LogP contribution in [0.1, 0.15) is 19.8 Å². The van der Waals surface area contributed by atoms with Gasteiger partial charge in [-0.3, -0.25) is 9.59 Å². The molecule has 116 valence electrons. The quantitative estimate of drug-likeness (QED) is 0.563. The molecule has 2 aliphatic heterocycles. The molecule has 10 heteroatoms. The summed E-state index contributed by atoms with van der Waals surface area (Å²) in [5.41, 5.74) is -1.63. The molecule has 3 aliphatic rings. The largest absolute Gasteiger partial charge is 0.481 e. The van der Waals surface area contributed by atoms with E-state index in [9.17, 15) is 39.6 Å². The Labute approximate surface area is 118 Å². The van der Waals surface area contributed by atoms with Crippen molar-refractivity contribution in [3.8, 4) is 0 Å². The maximum Gasteiger partial charge on any atom is 0.427 e. The second kappa shape index (κ2) is 4.50. The number of carbonyl (C=O) groups is 4. The predicted molar refractivity (Wildman–Crippen MR) is 63.4 cm³/mol. The van der Waals surface area contributed by atoms with Crippen molar-refractivity contribution >= 4 is 24.1 Å². The number of hydrazine groups is 1. The number of hydrogen-bond donors (Lipinski definition) is 4. The Morgan fingerprint density at radius 1 is 1.00 bits per heavy atom. The number of amides is 2. The third kappa shape index (κ3) is 1.86. The topological polar surface area (TPSA) is 156 Å². The zero-order chi connectivity index (χ0) is 16.1. The smallest absolute Gasteiger partial charge is 0.427 e. The van der Waals surface area contributed by atoms with E-state index in [0.29, 0.717) is 10.0 Å². The monoisotopic (exact) mass is 302 g/mol. The maximum atomic E-state index is 11.5. The molecule has 0 aromatic carbocycles. The average molecular weight is 302 g/mol. The summed E-state index contributed by atoms with van der Waals surface area (Å²) in [6.07, 6.45) is -3.08. The molecular formula is C11H14N2O8. The predicted octanol–water partition coefficient (Wildman–Crippen LogP) is 0.198. The molecule has 2 heterocycles. The van der Waals surface area contributed by atoms with Crippen LogP contribution in [0.3, 0.4) is 0 Å². The molecule has 0 aromatic heterocycles. The van der Waals surface area contributed by atoms with Gasteiger partial charge in [0.05, 0.1) is 23.4 Å². The first kappa shape index (κ1) is 14.9. The number of carboxylic acids is 2. The van der Waals surface area contributed by atoms with Crippen molar-refractivity contribution in [2.75, 3.05) is 0 Å². The number of aliphatic carboxylic acids is 2. The molecule has 10 nitrogen and oxygen atoms in total.